The molecule has 124 valence electrons. The SMILES string of the molecule is CN1C(=O)CCc2cc(NC(=O)CSc3ccc(F)cc3)ccc21. The fourth-order valence-electron chi connectivity index (χ4n) is 2.61. The highest BCUT2D eigenvalue weighted by molar-refractivity contribution is 8.00. The van der Waals surface area contributed by atoms with Crippen molar-refractivity contribution in [1.82, 2.24) is 0 Å². The van der Waals surface area contributed by atoms with Crippen LogP contribution in [0.2, 0.25) is 0 Å². The van der Waals surface area contributed by atoms with Gasteiger partial charge in [0.2, 0.25) is 11.8 Å². The van der Waals surface area contributed by atoms with Crippen LogP contribution in [0.1, 0.15) is 12.0 Å². The molecule has 1 heterocycles. The van der Waals surface area contributed by atoms with Gasteiger partial charge in [-0.05, 0) is 54.4 Å². The molecule has 3 rings (SSSR count). The van der Waals surface area contributed by atoms with E-state index in [1.165, 1.54) is 23.9 Å². The molecule has 0 fully saturated rings. The number of carbonyl (C=O) groups is 2. The molecule has 2 aromatic carbocycles. The van der Waals surface area contributed by atoms with Gasteiger partial charge in [-0.1, -0.05) is 0 Å². The standard InChI is InChI=1S/C18H17FN2O2S/c1-21-16-8-5-14(10-12(16)2-9-18(21)23)20-17(22)11-24-15-6-3-13(19)4-7-15/h3-8,10H,2,9,11H2,1H3,(H,20,22). The van der Waals surface area contributed by atoms with Crippen LogP contribution >= 0.6 is 11.8 Å². The van der Waals surface area contributed by atoms with Crippen molar-refractivity contribution in [2.75, 3.05) is 23.0 Å². The molecular formula is C18H17FN2O2S. The van der Waals surface area contributed by atoms with E-state index in [-0.39, 0.29) is 23.4 Å². The Morgan fingerprint density at radius 3 is 2.71 bits per heavy atom. The second kappa shape index (κ2) is 7.05. The topological polar surface area (TPSA) is 49.4 Å². The van der Waals surface area contributed by atoms with E-state index in [1.54, 1.807) is 30.1 Å². The Morgan fingerprint density at radius 1 is 1.21 bits per heavy atom. The van der Waals surface area contributed by atoms with Gasteiger partial charge in [0, 0.05) is 29.7 Å². The van der Waals surface area contributed by atoms with Crippen LogP contribution in [0.3, 0.4) is 0 Å². The van der Waals surface area contributed by atoms with E-state index in [0.29, 0.717) is 12.8 Å². The minimum absolute atomic E-state index is 0.106. The molecule has 0 saturated carbocycles. The average Bonchev–Trinajstić information content (AvgIpc) is 2.58. The van der Waals surface area contributed by atoms with Gasteiger partial charge in [0.25, 0.3) is 0 Å². The summed E-state index contributed by atoms with van der Waals surface area (Å²) in [7, 11) is 1.76. The first-order valence-corrected chi connectivity index (χ1v) is 8.59. The fourth-order valence-corrected chi connectivity index (χ4v) is 3.31. The van der Waals surface area contributed by atoms with E-state index in [9.17, 15) is 14.0 Å². The molecule has 1 N–H and O–H groups in total. The Hall–Kier alpha value is -2.34. The average molecular weight is 344 g/mol. The van der Waals surface area contributed by atoms with Crippen LogP contribution in [0.4, 0.5) is 15.8 Å². The van der Waals surface area contributed by atoms with Crippen molar-refractivity contribution in [1.29, 1.82) is 0 Å². The highest BCUT2D eigenvalue weighted by Gasteiger charge is 2.20. The number of thioether (sulfide) groups is 1. The van der Waals surface area contributed by atoms with Crippen LogP contribution in [-0.2, 0) is 16.0 Å². The Kier molecular flexibility index (Phi) is 4.85. The maximum absolute atomic E-state index is 12.8. The first-order valence-electron chi connectivity index (χ1n) is 7.60. The fraction of sp³-hybridized carbons (Fsp3) is 0.222. The summed E-state index contributed by atoms with van der Waals surface area (Å²) < 4.78 is 12.8. The van der Waals surface area contributed by atoms with Crippen molar-refractivity contribution in [3.8, 4) is 0 Å². The summed E-state index contributed by atoms with van der Waals surface area (Å²) in [4.78, 5) is 26.2. The molecule has 24 heavy (non-hydrogen) atoms. The summed E-state index contributed by atoms with van der Waals surface area (Å²) in [5.74, 6) is -0.0537. The van der Waals surface area contributed by atoms with Crippen molar-refractivity contribution in [2.24, 2.45) is 0 Å². The maximum atomic E-state index is 12.8. The molecule has 0 spiro atoms. The Morgan fingerprint density at radius 2 is 1.96 bits per heavy atom. The number of rotatable bonds is 4. The first-order chi connectivity index (χ1) is 11.5. The van der Waals surface area contributed by atoms with Gasteiger partial charge in [0.1, 0.15) is 5.82 Å². The van der Waals surface area contributed by atoms with Crippen LogP contribution < -0.4 is 10.2 Å². The van der Waals surface area contributed by atoms with Gasteiger partial charge < -0.3 is 10.2 Å². The number of halogens is 1. The van der Waals surface area contributed by atoms with Gasteiger partial charge in [-0.3, -0.25) is 9.59 Å². The van der Waals surface area contributed by atoms with Gasteiger partial charge in [-0.2, -0.15) is 0 Å². The third-order valence-electron chi connectivity index (χ3n) is 3.89. The Labute approximate surface area is 144 Å². The number of anilines is 2. The summed E-state index contributed by atoms with van der Waals surface area (Å²) >= 11 is 1.35. The highest BCUT2D eigenvalue weighted by atomic mass is 32.2. The van der Waals surface area contributed by atoms with E-state index in [0.717, 1.165) is 21.8 Å². The van der Waals surface area contributed by atoms with Crippen LogP contribution in [0.15, 0.2) is 47.4 Å². The van der Waals surface area contributed by atoms with Gasteiger partial charge in [-0.25, -0.2) is 4.39 Å². The van der Waals surface area contributed by atoms with Gasteiger partial charge in [-0.15, -0.1) is 11.8 Å². The molecule has 0 saturated heterocycles. The van der Waals surface area contributed by atoms with Gasteiger partial charge >= 0.3 is 0 Å². The second-order valence-corrected chi connectivity index (χ2v) is 6.64. The predicted octanol–water partition coefficient (Wildman–Crippen LogP) is 3.47. The number of hydrogen-bond acceptors (Lipinski definition) is 3. The monoisotopic (exact) mass is 344 g/mol. The van der Waals surface area contributed by atoms with Crippen molar-refractivity contribution >= 4 is 35.0 Å². The van der Waals surface area contributed by atoms with E-state index in [4.69, 9.17) is 0 Å². The zero-order valence-electron chi connectivity index (χ0n) is 13.2. The molecule has 0 atom stereocenters. The molecule has 2 amide bonds. The van der Waals surface area contributed by atoms with Crippen molar-refractivity contribution in [3.63, 3.8) is 0 Å². The Bertz CT molecular complexity index is 777. The summed E-state index contributed by atoms with van der Waals surface area (Å²) in [6, 6.07) is 11.6. The van der Waals surface area contributed by atoms with Crippen molar-refractivity contribution in [2.45, 2.75) is 17.7 Å². The normalized spacial score (nSPS) is 13.6. The molecule has 0 aliphatic carbocycles. The molecule has 0 bridgehead atoms. The zero-order valence-corrected chi connectivity index (χ0v) is 14.0. The molecular weight excluding hydrogens is 327 g/mol. The van der Waals surface area contributed by atoms with Crippen LogP contribution in [0.25, 0.3) is 0 Å². The highest BCUT2D eigenvalue weighted by Crippen LogP contribution is 2.29. The van der Waals surface area contributed by atoms with Crippen LogP contribution in [0.5, 0.6) is 0 Å². The number of amides is 2. The summed E-state index contributed by atoms with van der Waals surface area (Å²) in [6.07, 6.45) is 1.17. The largest absolute Gasteiger partial charge is 0.325 e. The number of aryl methyl sites for hydroxylation is 1. The molecule has 0 aromatic heterocycles. The lowest BCUT2D eigenvalue weighted by molar-refractivity contribution is -0.118. The minimum atomic E-state index is -0.290. The lowest BCUT2D eigenvalue weighted by Gasteiger charge is -2.26. The lowest BCUT2D eigenvalue weighted by Crippen LogP contribution is -2.31. The van der Waals surface area contributed by atoms with Gasteiger partial charge in [0.15, 0.2) is 0 Å². The summed E-state index contributed by atoms with van der Waals surface area (Å²) in [5.41, 5.74) is 2.67. The van der Waals surface area contributed by atoms with E-state index in [1.807, 2.05) is 12.1 Å². The number of benzene rings is 2. The van der Waals surface area contributed by atoms with E-state index >= 15 is 0 Å². The van der Waals surface area contributed by atoms with Crippen molar-refractivity contribution < 1.29 is 14.0 Å². The molecule has 2 aromatic rings. The van der Waals surface area contributed by atoms with Crippen LogP contribution in [0, 0.1) is 5.82 Å². The summed E-state index contributed by atoms with van der Waals surface area (Å²) in [5, 5.41) is 2.86. The number of fused-ring (bicyclic) bond motifs is 1. The first kappa shape index (κ1) is 16.5. The molecule has 1 aliphatic rings. The van der Waals surface area contributed by atoms with E-state index < -0.39 is 0 Å². The van der Waals surface area contributed by atoms with Crippen LogP contribution in [-0.4, -0.2) is 24.6 Å². The Balaban J connectivity index is 1.60. The van der Waals surface area contributed by atoms with Crippen molar-refractivity contribution in [3.05, 3.63) is 53.8 Å². The molecule has 1 aliphatic heterocycles. The lowest BCUT2D eigenvalue weighted by atomic mass is 10.0. The molecule has 4 nitrogen and oxygen atoms in total. The predicted molar refractivity (Wildman–Crippen MR) is 93.9 cm³/mol. The molecule has 6 heteroatoms. The quantitative estimate of drug-likeness (QED) is 0.864. The maximum Gasteiger partial charge on any atom is 0.234 e. The number of carbonyl (C=O) groups excluding carboxylic acids is 2. The zero-order chi connectivity index (χ0) is 17.1. The molecule has 0 unspecified atom stereocenters. The number of nitrogens with one attached hydrogen (secondary N) is 1. The number of nitrogens with zero attached hydrogens (tertiary/aromatic N) is 1. The second-order valence-electron chi connectivity index (χ2n) is 5.59. The van der Waals surface area contributed by atoms with Gasteiger partial charge in [0.05, 0.1) is 5.75 Å². The number of hydrogen-bond donors (Lipinski definition) is 1. The molecule has 0 radical (unpaired) electrons. The minimum Gasteiger partial charge on any atom is -0.325 e. The third kappa shape index (κ3) is 3.76. The summed E-state index contributed by atoms with van der Waals surface area (Å²) in [6.45, 7) is 0. The van der Waals surface area contributed by atoms with E-state index in [2.05, 4.69) is 5.32 Å². The third-order valence-corrected chi connectivity index (χ3v) is 4.90. The smallest absolute Gasteiger partial charge is 0.234 e.